The Morgan fingerprint density at radius 2 is 2.00 bits per heavy atom. The maximum absolute atomic E-state index is 12.3. The van der Waals surface area contributed by atoms with Crippen molar-refractivity contribution in [3.63, 3.8) is 0 Å². The number of nitrogens with one attached hydrogen (secondary N) is 1. The summed E-state index contributed by atoms with van der Waals surface area (Å²) in [6.45, 7) is 0.734. The first kappa shape index (κ1) is 17.7. The average Bonchev–Trinajstić information content (AvgIpc) is 2.95. The molecule has 0 spiro atoms. The van der Waals surface area contributed by atoms with E-state index in [1.807, 2.05) is 0 Å². The fraction of sp³-hybridized carbons (Fsp3) is 0.529. The molecule has 1 aromatic rings. The first-order valence-corrected chi connectivity index (χ1v) is 10.2. The van der Waals surface area contributed by atoms with Crippen LogP contribution in [0.25, 0.3) is 0 Å². The Morgan fingerprint density at radius 1 is 1.28 bits per heavy atom. The first-order valence-electron chi connectivity index (χ1n) is 8.41. The van der Waals surface area contributed by atoms with E-state index in [1.54, 1.807) is 12.1 Å². The number of hydrogen-bond donors (Lipinski definition) is 2. The van der Waals surface area contributed by atoms with Crippen molar-refractivity contribution < 1.29 is 23.1 Å². The molecule has 2 fully saturated rings. The van der Waals surface area contributed by atoms with Gasteiger partial charge in [-0.3, -0.25) is 9.59 Å². The van der Waals surface area contributed by atoms with Gasteiger partial charge >= 0.3 is 0 Å². The summed E-state index contributed by atoms with van der Waals surface area (Å²) in [6, 6.07) is 6.40. The van der Waals surface area contributed by atoms with Crippen LogP contribution in [0.15, 0.2) is 24.3 Å². The number of anilines is 1. The van der Waals surface area contributed by atoms with Crippen LogP contribution in [-0.4, -0.2) is 49.9 Å². The van der Waals surface area contributed by atoms with Crippen LogP contribution >= 0.6 is 0 Å². The van der Waals surface area contributed by atoms with Crippen molar-refractivity contribution in [3.8, 4) is 5.75 Å². The zero-order valence-corrected chi connectivity index (χ0v) is 14.7. The molecular weight excluding hydrogens is 344 g/mol. The smallest absolute Gasteiger partial charge is 0.227 e. The molecule has 0 bridgehead atoms. The first-order chi connectivity index (χ1) is 11.8. The van der Waals surface area contributed by atoms with Crippen LogP contribution in [0.5, 0.6) is 5.75 Å². The predicted octanol–water partition coefficient (Wildman–Crippen LogP) is 0.686. The summed E-state index contributed by atoms with van der Waals surface area (Å²) in [4.78, 5) is 26.0. The highest BCUT2D eigenvalue weighted by Gasteiger charge is 2.35. The number of carbonyl (C=O) groups excluding carboxylic acids is 2. The van der Waals surface area contributed by atoms with Crippen molar-refractivity contribution >= 4 is 27.3 Å². The molecule has 3 rings (SSSR count). The average molecular weight is 366 g/mol. The normalized spacial score (nSPS) is 23.6. The molecule has 0 aromatic heterocycles. The van der Waals surface area contributed by atoms with Gasteiger partial charge in [0.05, 0.1) is 17.4 Å². The van der Waals surface area contributed by atoms with E-state index in [4.69, 9.17) is 0 Å². The summed E-state index contributed by atoms with van der Waals surface area (Å²) in [7, 11) is -2.90. The summed E-state index contributed by atoms with van der Waals surface area (Å²) in [5, 5.41) is 12.4. The number of hydrogen-bond acceptors (Lipinski definition) is 5. The third-order valence-electron chi connectivity index (χ3n) is 4.88. The van der Waals surface area contributed by atoms with Crippen LogP contribution in [0.4, 0.5) is 5.69 Å². The second-order valence-electron chi connectivity index (χ2n) is 6.77. The Balaban J connectivity index is 1.53. The van der Waals surface area contributed by atoms with Gasteiger partial charge in [0.25, 0.3) is 0 Å². The number of amides is 2. The van der Waals surface area contributed by atoms with Gasteiger partial charge in [-0.1, -0.05) is 6.07 Å². The Kier molecular flexibility index (Phi) is 4.99. The third-order valence-corrected chi connectivity index (χ3v) is 6.59. The van der Waals surface area contributed by atoms with E-state index in [9.17, 15) is 23.1 Å². The highest BCUT2D eigenvalue weighted by molar-refractivity contribution is 7.91. The Hall–Kier alpha value is -2.09. The number of sulfone groups is 1. The number of benzene rings is 1. The zero-order chi connectivity index (χ0) is 18.0. The van der Waals surface area contributed by atoms with Gasteiger partial charge in [0.1, 0.15) is 15.6 Å². The molecule has 0 aliphatic carbocycles. The van der Waals surface area contributed by atoms with Gasteiger partial charge in [0.15, 0.2) is 0 Å². The lowest BCUT2D eigenvalue weighted by Gasteiger charge is -2.23. The minimum Gasteiger partial charge on any atom is -0.508 e. The summed E-state index contributed by atoms with van der Waals surface area (Å²) >= 11 is 0. The van der Waals surface area contributed by atoms with Gasteiger partial charge in [-0.15, -0.1) is 0 Å². The van der Waals surface area contributed by atoms with Gasteiger partial charge in [0, 0.05) is 31.3 Å². The number of rotatable bonds is 4. The second-order valence-corrected chi connectivity index (χ2v) is 9.07. The molecule has 1 atom stereocenters. The third kappa shape index (κ3) is 4.31. The summed E-state index contributed by atoms with van der Waals surface area (Å²) < 4.78 is 22.9. The molecule has 0 saturated carbocycles. The highest BCUT2D eigenvalue weighted by atomic mass is 32.2. The van der Waals surface area contributed by atoms with Crippen LogP contribution in [0.2, 0.25) is 0 Å². The Bertz CT molecular complexity index is 763. The molecule has 136 valence electrons. The minimum atomic E-state index is -2.90. The van der Waals surface area contributed by atoms with Crippen molar-refractivity contribution in [2.24, 2.45) is 11.8 Å². The molecule has 2 aliphatic rings. The van der Waals surface area contributed by atoms with E-state index in [0.717, 1.165) is 0 Å². The van der Waals surface area contributed by atoms with Crippen LogP contribution in [0.3, 0.4) is 0 Å². The van der Waals surface area contributed by atoms with E-state index in [0.29, 0.717) is 25.1 Å². The lowest BCUT2D eigenvalue weighted by Crippen LogP contribution is -2.38. The highest BCUT2D eigenvalue weighted by Crippen LogP contribution is 2.27. The van der Waals surface area contributed by atoms with Crippen LogP contribution in [-0.2, 0) is 19.4 Å². The SMILES string of the molecule is O=C(NCC1CCS(=O)(=O)CC1)[C@H]1CC(=O)N(c2cccc(O)c2)C1. The molecule has 1 aromatic carbocycles. The van der Waals surface area contributed by atoms with Crippen molar-refractivity contribution in [1.29, 1.82) is 0 Å². The molecule has 2 amide bonds. The van der Waals surface area contributed by atoms with E-state index < -0.39 is 15.8 Å². The van der Waals surface area contributed by atoms with Crippen molar-refractivity contribution in [1.82, 2.24) is 5.32 Å². The molecule has 7 nitrogen and oxygen atoms in total. The van der Waals surface area contributed by atoms with E-state index in [2.05, 4.69) is 5.32 Å². The largest absolute Gasteiger partial charge is 0.508 e. The summed E-state index contributed by atoms with van der Waals surface area (Å²) in [6.07, 6.45) is 1.28. The molecule has 8 heteroatoms. The summed E-state index contributed by atoms with van der Waals surface area (Å²) in [5.74, 6) is -0.139. The Morgan fingerprint density at radius 3 is 2.68 bits per heavy atom. The van der Waals surface area contributed by atoms with Gasteiger partial charge in [0.2, 0.25) is 11.8 Å². The predicted molar refractivity (Wildman–Crippen MR) is 93.0 cm³/mol. The zero-order valence-electron chi connectivity index (χ0n) is 13.8. The molecule has 2 heterocycles. The van der Waals surface area contributed by atoms with Gasteiger partial charge in [-0.25, -0.2) is 8.42 Å². The maximum Gasteiger partial charge on any atom is 0.227 e. The van der Waals surface area contributed by atoms with Crippen molar-refractivity contribution in [3.05, 3.63) is 24.3 Å². The quantitative estimate of drug-likeness (QED) is 0.816. The molecule has 2 aliphatic heterocycles. The molecular formula is C17H22N2O5S. The van der Waals surface area contributed by atoms with E-state index in [-0.39, 0.29) is 48.0 Å². The molecule has 2 saturated heterocycles. The number of nitrogens with zero attached hydrogens (tertiary/aromatic N) is 1. The van der Waals surface area contributed by atoms with Crippen LogP contribution in [0.1, 0.15) is 19.3 Å². The van der Waals surface area contributed by atoms with Crippen LogP contribution < -0.4 is 10.2 Å². The van der Waals surface area contributed by atoms with Gasteiger partial charge < -0.3 is 15.3 Å². The lowest BCUT2D eigenvalue weighted by molar-refractivity contribution is -0.126. The fourth-order valence-electron chi connectivity index (χ4n) is 3.33. The molecule has 0 radical (unpaired) electrons. The topological polar surface area (TPSA) is 104 Å². The molecule has 0 unspecified atom stereocenters. The second kappa shape index (κ2) is 7.03. The molecule has 2 N–H and O–H groups in total. The lowest BCUT2D eigenvalue weighted by atomic mass is 10.0. The summed E-state index contributed by atoms with van der Waals surface area (Å²) in [5.41, 5.74) is 0.581. The van der Waals surface area contributed by atoms with Crippen molar-refractivity contribution in [2.75, 3.05) is 29.5 Å². The monoisotopic (exact) mass is 366 g/mol. The van der Waals surface area contributed by atoms with E-state index in [1.165, 1.54) is 17.0 Å². The molecule has 25 heavy (non-hydrogen) atoms. The number of aromatic hydroxyl groups is 1. The van der Waals surface area contributed by atoms with Gasteiger partial charge in [-0.05, 0) is 30.9 Å². The number of phenols is 1. The van der Waals surface area contributed by atoms with Crippen molar-refractivity contribution in [2.45, 2.75) is 19.3 Å². The maximum atomic E-state index is 12.3. The fourth-order valence-corrected chi connectivity index (χ4v) is 4.91. The van der Waals surface area contributed by atoms with Crippen LogP contribution in [0, 0.1) is 11.8 Å². The van der Waals surface area contributed by atoms with E-state index >= 15 is 0 Å². The number of carbonyl (C=O) groups is 2. The van der Waals surface area contributed by atoms with Gasteiger partial charge in [-0.2, -0.15) is 0 Å². The standard InChI is InChI=1S/C17H22N2O5S/c20-15-3-1-2-14(9-15)19-11-13(8-16(19)21)17(22)18-10-12-4-6-25(23,24)7-5-12/h1-3,9,12-13,20H,4-8,10-11H2,(H,18,22)/t13-/m0/s1. The Labute approximate surface area is 146 Å². The number of phenolic OH excluding ortho intramolecular Hbond substituents is 1. The minimum absolute atomic E-state index is 0.0745.